The largest absolute Gasteiger partial charge is 0.310 e. The SMILES string of the molecule is CC(C)CC1N=CNN1. The Labute approximate surface area is 55.5 Å². The lowest BCUT2D eigenvalue weighted by Crippen LogP contribution is -2.32. The van der Waals surface area contributed by atoms with Crippen molar-refractivity contribution in [2.45, 2.75) is 26.4 Å². The molecule has 3 nitrogen and oxygen atoms in total. The Morgan fingerprint density at radius 1 is 1.67 bits per heavy atom. The fourth-order valence-corrected chi connectivity index (χ4v) is 0.864. The van der Waals surface area contributed by atoms with E-state index in [2.05, 4.69) is 29.7 Å². The van der Waals surface area contributed by atoms with Crippen molar-refractivity contribution in [3.63, 3.8) is 0 Å². The Kier molecular flexibility index (Phi) is 2.05. The van der Waals surface area contributed by atoms with E-state index in [4.69, 9.17) is 0 Å². The lowest BCUT2D eigenvalue weighted by Gasteiger charge is -2.08. The minimum atomic E-state index is 0.296. The van der Waals surface area contributed by atoms with Crippen LogP contribution in [0.3, 0.4) is 0 Å². The van der Waals surface area contributed by atoms with Crippen LogP contribution in [-0.2, 0) is 0 Å². The zero-order chi connectivity index (χ0) is 6.69. The van der Waals surface area contributed by atoms with E-state index in [1.807, 2.05) is 0 Å². The molecule has 1 atom stereocenters. The molecule has 1 unspecified atom stereocenters. The summed E-state index contributed by atoms with van der Waals surface area (Å²) in [6.07, 6.45) is 3.10. The highest BCUT2D eigenvalue weighted by Gasteiger charge is 2.09. The number of rotatable bonds is 2. The Morgan fingerprint density at radius 3 is 2.89 bits per heavy atom. The first-order valence-electron chi connectivity index (χ1n) is 3.31. The molecule has 0 bridgehead atoms. The van der Waals surface area contributed by atoms with Crippen molar-refractivity contribution in [1.82, 2.24) is 10.9 Å². The van der Waals surface area contributed by atoms with Gasteiger partial charge in [0.1, 0.15) is 6.17 Å². The standard InChI is InChI=1S/C6H13N3/c1-5(2)3-6-7-4-8-9-6/h4-6,9H,3H2,1-2H3,(H,7,8). The summed E-state index contributed by atoms with van der Waals surface area (Å²) in [6.45, 7) is 4.38. The van der Waals surface area contributed by atoms with Crippen molar-refractivity contribution < 1.29 is 0 Å². The number of aliphatic imine (C=N–C) groups is 1. The van der Waals surface area contributed by atoms with Crippen LogP contribution >= 0.6 is 0 Å². The van der Waals surface area contributed by atoms with E-state index in [0.29, 0.717) is 12.1 Å². The minimum absolute atomic E-state index is 0.296. The van der Waals surface area contributed by atoms with Gasteiger partial charge in [-0.25, -0.2) is 5.43 Å². The fourth-order valence-electron chi connectivity index (χ4n) is 0.864. The normalized spacial score (nSPS) is 25.0. The van der Waals surface area contributed by atoms with Gasteiger partial charge in [0.15, 0.2) is 0 Å². The predicted molar refractivity (Wildman–Crippen MR) is 38.0 cm³/mol. The molecule has 0 aromatic rings. The van der Waals surface area contributed by atoms with Crippen LogP contribution in [-0.4, -0.2) is 12.5 Å². The van der Waals surface area contributed by atoms with E-state index in [0.717, 1.165) is 6.42 Å². The van der Waals surface area contributed by atoms with Crippen LogP contribution in [0.1, 0.15) is 20.3 Å². The molecule has 0 amide bonds. The molecular formula is C6H13N3. The van der Waals surface area contributed by atoms with Crippen LogP contribution in [0.15, 0.2) is 4.99 Å². The van der Waals surface area contributed by atoms with Crippen molar-refractivity contribution in [3.8, 4) is 0 Å². The molecule has 0 spiro atoms. The molecule has 0 aliphatic carbocycles. The van der Waals surface area contributed by atoms with Crippen molar-refractivity contribution in [3.05, 3.63) is 0 Å². The molecule has 0 saturated carbocycles. The van der Waals surface area contributed by atoms with Crippen LogP contribution in [0.25, 0.3) is 0 Å². The van der Waals surface area contributed by atoms with Gasteiger partial charge in [0.25, 0.3) is 0 Å². The first kappa shape index (κ1) is 6.55. The van der Waals surface area contributed by atoms with Gasteiger partial charge in [-0.1, -0.05) is 13.8 Å². The van der Waals surface area contributed by atoms with E-state index in [-0.39, 0.29) is 0 Å². The van der Waals surface area contributed by atoms with E-state index in [1.165, 1.54) is 0 Å². The molecule has 1 heterocycles. The highest BCUT2D eigenvalue weighted by molar-refractivity contribution is 5.55. The topological polar surface area (TPSA) is 36.4 Å². The number of hydrogen-bond acceptors (Lipinski definition) is 3. The van der Waals surface area contributed by atoms with E-state index in [9.17, 15) is 0 Å². The molecule has 0 radical (unpaired) electrons. The van der Waals surface area contributed by atoms with E-state index in [1.54, 1.807) is 6.34 Å². The number of nitrogens with one attached hydrogen (secondary N) is 2. The van der Waals surface area contributed by atoms with Gasteiger partial charge in [-0.15, -0.1) is 0 Å². The summed E-state index contributed by atoms with van der Waals surface area (Å²) in [7, 11) is 0. The van der Waals surface area contributed by atoms with E-state index >= 15 is 0 Å². The molecule has 3 heteroatoms. The third kappa shape index (κ3) is 2.01. The fraction of sp³-hybridized carbons (Fsp3) is 0.833. The maximum atomic E-state index is 4.13. The van der Waals surface area contributed by atoms with Gasteiger partial charge >= 0.3 is 0 Å². The zero-order valence-electron chi connectivity index (χ0n) is 5.89. The summed E-state index contributed by atoms with van der Waals surface area (Å²) in [5.41, 5.74) is 5.85. The molecule has 0 saturated heterocycles. The van der Waals surface area contributed by atoms with Gasteiger partial charge in [-0.2, -0.15) is 0 Å². The summed E-state index contributed by atoms with van der Waals surface area (Å²) < 4.78 is 0. The van der Waals surface area contributed by atoms with Crippen LogP contribution in [0.4, 0.5) is 0 Å². The molecule has 0 aromatic heterocycles. The lowest BCUT2D eigenvalue weighted by molar-refractivity contribution is 0.440. The maximum Gasteiger partial charge on any atom is 0.118 e. The molecule has 1 rings (SSSR count). The lowest BCUT2D eigenvalue weighted by atomic mass is 10.1. The molecule has 2 N–H and O–H groups in total. The zero-order valence-corrected chi connectivity index (χ0v) is 5.89. The van der Waals surface area contributed by atoms with Gasteiger partial charge in [0.05, 0.1) is 6.34 Å². The van der Waals surface area contributed by atoms with Crippen molar-refractivity contribution >= 4 is 6.34 Å². The molecule has 0 aromatic carbocycles. The van der Waals surface area contributed by atoms with Gasteiger partial charge in [0, 0.05) is 0 Å². The summed E-state index contributed by atoms with van der Waals surface area (Å²) in [5.74, 6) is 0.708. The Hall–Kier alpha value is -0.570. The van der Waals surface area contributed by atoms with Crippen molar-refractivity contribution in [2.24, 2.45) is 10.9 Å². The highest BCUT2D eigenvalue weighted by Crippen LogP contribution is 2.05. The van der Waals surface area contributed by atoms with Crippen LogP contribution < -0.4 is 10.9 Å². The Balaban J connectivity index is 2.20. The average molecular weight is 127 g/mol. The van der Waals surface area contributed by atoms with Gasteiger partial charge in [-0.05, 0) is 12.3 Å². The third-order valence-corrected chi connectivity index (χ3v) is 1.26. The summed E-state index contributed by atoms with van der Waals surface area (Å²) in [6, 6.07) is 0. The maximum absolute atomic E-state index is 4.13. The predicted octanol–water partition coefficient (Wildman–Crippen LogP) is 0.495. The molecule has 9 heavy (non-hydrogen) atoms. The summed E-state index contributed by atoms with van der Waals surface area (Å²) in [4.78, 5) is 4.13. The number of nitrogens with zero attached hydrogens (tertiary/aromatic N) is 1. The molecule has 1 aliphatic rings. The molecule has 1 aliphatic heterocycles. The molecule has 52 valence electrons. The van der Waals surface area contributed by atoms with Gasteiger partial charge in [-0.3, -0.25) is 4.99 Å². The highest BCUT2D eigenvalue weighted by atomic mass is 15.5. The second kappa shape index (κ2) is 2.82. The van der Waals surface area contributed by atoms with Crippen LogP contribution in [0.2, 0.25) is 0 Å². The third-order valence-electron chi connectivity index (χ3n) is 1.26. The number of hydrazine groups is 1. The quantitative estimate of drug-likeness (QED) is 0.566. The smallest absolute Gasteiger partial charge is 0.118 e. The Morgan fingerprint density at radius 2 is 2.44 bits per heavy atom. The van der Waals surface area contributed by atoms with Gasteiger partial charge < -0.3 is 5.43 Å². The summed E-state index contributed by atoms with van der Waals surface area (Å²) >= 11 is 0. The summed E-state index contributed by atoms with van der Waals surface area (Å²) in [5, 5.41) is 0. The second-order valence-corrected chi connectivity index (χ2v) is 2.71. The minimum Gasteiger partial charge on any atom is -0.310 e. The molecule has 0 fully saturated rings. The van der Waals surface area contributed by atoms with Crippen molar-refractivity contribution in [2.75, 3.05) is 0 Å². The Bertz CT molecular complexity index is 109. The van der Waals surface area contributed by atoms with Crippen molar-refractivity contribution in [1.29, 1.82) is 0 Å². The number of hydrogen-bond donors (Lipinski definition) is 2. The van der Waals surface area contributed by atoms with E-state index < -0.39 is 0 Å². The first-order chi connectivity index (χ1) is 4.29. The van der Waals surface area contributed by atoms with Crippen LogP contribution in [0.5, 0.6) is 0 Å². The monoisotopic (exact) mass is 127 g/mol. The average Bonchev–Trinajstić information content (AvgIpc) is 2.15. The van der Waals surface area contributed by atoms with Gasteiger partial charge in [0.2, 0.25) is 0 Å². The second-order valence-electron chi connectivity index (χ2n) is 2.71. The first-order valence-corrected chi connectivity index (χ1v) is 3.31. The molecular weight excluding hydrogens is 114 g/mol. The van der Waals surface area contributed by atoms with Crippen LogP contribution in [0, 0.1) is 5.92 Å².